The second kappa shape index (κ2) is 8.23. The second-order valence-corrected chi connectivity index (χ2v) is 2.12. The number of hydrogen-bond donors (Lipinski definition) is 2. The number of aromatic amines is 2. The zero-order valence-electron chi connectivity index (χ0n) is 7.85. The molecule has 0 aromatic carbocycles. The number of H-pyrrole nitrogens is 2. The number of nitrogens with one attached hydrogen (secondary N) is 2. The molecule has 78 valence electrons. The lowest BCUT2D eigenvalue weighted by Gasteiger charge is -1.57. The highest BCUT2D eigenvalue weighted by Crippen LogP contribution is 1.80. The van der Waals surface area contributed by atoms with E-state index in [1.807, 2.05) is 6.07 Å². The minimum absolute atomic E-state index is 0.528. The van der Waals surface area contributed by atoms with Gasteiger partial charge in [-0.15, -0.1) is 5.11 Å². The maximum Gasteiger partial charge on any atom is 0.152 e. The number of aromatic nitrogens is 5. The molecule has 1 aliphatic heterocycles. The molecule has 15 heavy (non-hydrogen) atoms. The first-order valence-electron chi connectivity index (χ1n) is 4.08. The van der Waals surface area contributed by atoms with Gasteiger partial charge >= 0.3 is 0 Å². The number of aliphatic imine (C=N–C) groups is 1. The van der Waals surface area contributed by atoms with Gasteiger partial charge in [-0.3, -0.25) is 5.10 Å². The lowest BCUT2D eigenvalue weighted by Crippen LogP contribution is -1.61. The van der Waals surface area contributed by atoms with E-state index in [9.17, 15) is 0 Å². The first-order chi connectivity index (χ1) is 7.50. The molecule has 0 spiro atoms. The molecule has 3 rings (SSSR count). The summed E-state index contributed by atoms with van der Waals surface area (Å²) < 4.78 is 0. The Balaban J connectivity index is 0.000000112. The van der Waals surface area contributed by atoms with E-state index in [-0.39, 0.29) is 0 Å². The highest BCUT2D eigenvalue weighted by atomic mass is 15.3. The quantitative estimate of drug-likeness (QED) is 0.660. The molecule has 0 unspecified atom stereocenters. The Hall–Kier alpha value is -2.38. The monoisotopic (exact) mass is 206 g/mol. The van der Waals surface area contributed by atoms with Crippen molar-refractivity contribution < 1.29 is 0 Å². The highest BCUT2D eigenvalue weighted by Gasteiger charge is 1.74. The molecule has 0 saturated heterocycles. The minimum Gasteiger partial charge on any atom is -0.286 e. The van der Waals surface area contributed by atoms with Crippen molar-refractivity contribution in [2.45, 2.75) is 0 Å². The molecule has 2 N–H and O–H groups in total. The van der Waals surface area contributed by atoms with E-state index >= 15 is 0 Å². The van der Waals surface area contributed by atoms with E-state index in [4.69, 9.17) is 0 Å². The molecule has 0 bridgehead atoms. The molecule has 0 radical (unpaired) electrons. The molecule has 0 saturated carbocycles. The van der Waals surface area contributed by atoms with Gasteiger partial charge in [0.2, 0.25) is 0 Å². The topological polar surface area (TPSA) is 107 Å². The molecular weight excluding hydrogens is 196 g/mol. The number of rotatable bonds is 0. The summed E-state index contributed by atoms with van der Waals surface area (Å²) in [4.78, 5) is 3.62. The molecule has 0 amide bonds. The molecule has 2 aromatic heterocycles. The normalized spacial score (nSPS) is 11.2. The first kappa shape index (κ1) is 10.7. The Bertz CT molecular complexity index is 278. The SMILES string of the molecule is C1=NCN=N1.c1cn[nH]c1.c1cn[nH]n1. The summed E-state index contributed by atoms with van der Waals surface area (Å²) in [6, 6.07) is 1.83. The van der Waals surface area contributed by atoms with Crippen LogP contribution in [0.5, 0.6) is 0 Å². The predicted molar refractivity (Wildman–Crippen MR) is 53.2 cm³/mol. The molecular formula is C7H10N8. The van der Waals surface area contributed by atoms with Crippen molar-refractivity contribution in [3.8, 4) is 0 Å². The van der Waals surface area contributed by atoms with Crippen LogP contribution in [0.1, 0.15) is 0 Å². The maximum atomic E-state index is 3.62. The summed E-state index contributed by atoms with van der Waals surface area (Å²) in [5, 5.41) is 22.4. The van der Waals surface area contributed by atoms with Crippen molar-refractivity contribution >= 4 is 6.34 Å². The van der Waals surface area contributed by atoms with E-state index in [0.29, 0.717) is 6.67 Å². The van der Waals surface area contributed by atoms with Gasteiger partial charge in [-0.1, -0.05) is 0 Å². The zero-order chi connectivity index (χ0) is 10.6. The van der Waals surface area contributed by atoms with E-state index in [2.05, 4.69) is 40.8 Å². The molecule has 0 fully saturated rings. The number of azo groups is 1. The summed E-state index contributed by atoms with van der Waals surface area (Å²) in [5.74, 6) is 0. The van der Waals surface area contributed by atoms with Gasteiger partial charge in [-0.05, 0) is 6.07 Å². The van der Waals surface area contributed by atoms with Crippen LogP contribution in [-0.2, 0) is 0 Å². The van der Waals surface area contributed by atoms with Gasteiger partial charge in [-0.2, -0.15) is 25.6 Å². The Kier molecular flexibility index (Phi) is 5.87. The van der Waals surface area contributed by atoms with Crippen LogP contribution >= 0.6 is 0 Å². The highest BCUT2D eigenvalue weighted by molar-refractivity contribution is 5.55. The van der Waals surface area contributed by atoms with Crippen molar-refractivity contribution in [3.05, 3.63) is 30.9 Å². The van der Waals surface area contributed by atoms with Crippen molar-refractivity contribution in [2.75, 3.05) is 6.67 Å². The van der Waals surface area contributed by atoms with Gasteiger partial charge in [0.25, 0.3) is 0 Å². The van der Waals surface area contributed by atoms with Crippen LogP contribution in [0, 0.1) is 0 Å². The average Bonchev–Trinajstić information content (AvgIpc) is 3.09. The Morgan fingerprint density at radius 3 is 2.07 bits per heavy atom. The van der Waals surface area contributed by atoms with Crippen LogP contribution in [0.25, 0.3) is 0 Å². The molecule has 8 nitrogen and oxygen atoms in total. The van der Waals surface area contributed by atoms with Crippen LogP contribution in [0.15, 0.2) is 46.1 Å². The van der Waals surface area contributed by atoms with Crippen LogP contribution in [0.3, 0.4) is 0 Å². The third kappa shape index (κ3) is 6.75. The van der Waals surface area contributed by atoms with Gasteiger partial charge < -0.3 is 0 Å². The number of nitrogens with zero attached hydrogens (tertiary/aromatic N) is 6. The van der Waals surface area contributed by atoms with Crippen molar-refractivity contribution in [1.82, 2.24) is 25.6 Å². The lowest BCUT2D eigenvalue weighted by atomic mass is 10.8. The Labute approximate surface area is 85.5 Å². The summed E-state index contributed by atoms with van der Waals surface area (Å²) in [6.45, 7) is 0.528. The molecule has 0 aliphatic carbocycles. The fraction of sp³-hybridized carbons (Fsp3) is 0.143. The second-order valence-electron chi connectivity index (χ2n) is 2.12. The maximum absolute atomic E-state index is 3.62. The molecule has 3 heterocycles. The van der Waals surface area contributed by atoms with E-state index in [1.54, 1.807) is 24.8 Å². The van der Waals surface area contributed by atoms with Crippen LogP contribution in [0.4, 0.5) is 0 Å². The standard InChI is InChI=1S/C3H4N2.2C2H3N3/c1-2-4-5-3-1;1-3-2-5-4-1;1-2-4-5-3-1/h1-3H,(H,4,5);1H,2H2;1-2H,(H,3,4,5). The fourth-order valence-corrected chi connectivity index (χ4v) is 0.564. The Morgan fingerprint density at radius 2 is 1.87 bits per heavy atom. The summed E-state index contributed by atoms with van der Waals surface area (Å²) >= 11 is 0. The fourth-order valence-electron chi connectivity index (χ4n) is 0.564. The smallest absolute Gasteiger partial charge is 0.152 e. The molecule has 1 aliphatic rings. The molecule has 2 aromatic rings. The molecule has 8 heteroatoms. The number of hydrogen-bond acceptors (Lipinski definition) is 6. The van der Waals surface area contributed by atoms with E-state index < -0.39 is 0 Å². The van der Waals surface area contributed by atoms with Gasteiger partial charge in [0, 0.05) is 12.4 Å². The average molecular weight is 206 g/mol. The Morgan fingerprint density at radius 1 is 1.00 bits per heavy atom. The van der Waals surface area contributed by atoms with Crippen LogP contribution in [-0.4, -0.2) is 38.6 Å². The van der Waals surface area contributed by atoms with Gasteiger partial charge in [0.1, 0.15) is 6.34 Å². The van der Waals surface area contributed by atoms with E-state index in [0.717, 1.165) is 0 Å². The third-order valence-electron chi connectivity index (χ3n) is 1.10. The van der Waals surface area contributed by atoms with Crippen molar-refractivity contribution in [3.63, 3.8) is 0 Å². The third-order valence-corrected chi connectivity index (χ3v) is 1.10. The van der Waals surface area contributed by atoms with Crippen molar-refractivity contribution in [1.29, 1.82) is 0 Å². The zero-order valence-corrected chi connectivity index (χ0v) is 7.85. The van der Waals surface area contributed by atoms with Gasteiger partial charge in [0.05, 0.1) is 12.4 Å². The van der Waals surface area contributed by atoms with Gasteiger partial charge in [-0.25, -0.2) is 4.99 Å². The van der Waals surface area contributed by atoms with Crippen molar-refractivity contribution in [2.24, 2.45) is 15.2 Å². The molecule has 0 atom stereocenters. The minimum atomic E-state index is 0.528. The lowest BCUT2D eigenvalue weighted by molar-refractivity contribution is 0.940. The van der Waals surface area contributed by atoms with Crippen LogP contribution in [0.2, 0.25) is 0 Å². The van der Waals surface area contributed by atoms with Crippen LogP contribution < -0.4 is 0 Å². The largest absolute Gasteiger partial charge is 0.286 e. The predicted octanol–water partition coefficient (Wildman–Crippen LogP) is 0.652. The van der Waals surface area contributed by atoms with Gasteiger partial charge in [0.15, 0.2) is 6.67 Å². The first-order valence-corrected chi connectivity index (χ1v) is 4.08. The van der Waals surface area contributed by atoms with E-state index in [1.165, 1.54) is 6.34 Å². The summed E-state index contributed by atoms with van der Waals surface area (Å²) in [6.07, 6.45) is 8.07. The summed E-state index contributed by atoms with van der Waals surface area (Å²) in [7, 11) is 0. The summed E-state index contributed by atoms with van der Waals surface area (Å²) in [5.41, 5.74) is 0.